The lowest BCUT2D eigenvalue weighted by Crippen LogP contribution is -2.31. The molecule has 1 aliphatic carbocycles. The molecule has 1 heteroatoms. The Morgan fingerprint density at radius 2 is 2.00 bits per heavy atom. The van der Waals surface area contributed by atoms with Crippen molar-refractivity contribution < 1.29 is 5.11 Å². The van der Waals surface area contributed by atoms with Crippen LogP contribution < -0.4 is 0 Å². The molecular formula is C13H26O. The molecule has 0 aromatic carbocycles. The van der Waals surface area contributed by atoms with E-state index in [2.05, 4.69) is 20.8 Å². The average molecular weight is 198 g/mol. The summed E-state index contributed by atoms with van der Waals surface area (Å²) < 4.78 is 0. The van der Waals surface area contributed by atoms with Crippen molar-refractivity contribution >= 4 is 0 Å². The van der Waals surface area contributed by atoms with Gasteiger partial charge in [-0.1, -0.05) is 33.6 Å². The van der Waals surface area contributed by atoms with Crippen LogP contribution in [0.4, 0.5) is 0 Å². The summed E-state index contributed by atoms with van der Waals surface area (Å²) in [5.41, 5.74) is 0. The smallest absolute Gasteiger partial charge is 0.0568 e. The molecule has 0 radical (unpaired) electrons. The fourth-order valence-electron chi connectivity index (χ4n) is 2.67. The van der Waals surface area contributed by atoms with Crippen molar-refractivity contribution in [1.82, 2.24) is 0 Å². The van der Waals surface area contributed by atoms with Crippen LogP contribution in [0.25, 0.3) is 0 Å². The van der Waals surface area contributed by atoms with E-state index in [-0.39, 0.29) is 6.10 Å². The average Bonchev–Trinajstić information content (AvgIpc) is 2.16. The molecule has 0 aromatic rings. The van der Waals surface area contributed by atoms with E-state index in [1.807, 2.05) is 0 Å². The second-order valence-electron chi connectivity index (χ2n) is 5.29. The largest absolute Gasteiger partial charge is 0.393 e. The first-order valence-electron chi connectivity index (χ1n) is 6.33. The fraction of sp³-hybridized carbons (Fsp3) is 1.00. The molecule has 0 bridgehead atoms. The molecule has 3 unspecified atom stereocenters. The number of rotatable bonds is 4. The number of aliphatic hydroxyl groups excluding tert-OH is 1. The topological polar surface area (TPSA) is 20.2 Å². The minimum absolute atomic E-state index is 0.00319. The predicted molar refractivity (Wildman–Crippen MR) is 61.2 cm³/mol. The van der Waals surface area contributed by atoms with Gasteiger partial charge in [0, 0.05) is 0 Å². The van der Waals surface area contributed by atoms with Crippen molar-refractivity contribution in [1.29, 1.82) is 0 Å². The molecule has 1 rings (SSSR count). The standard InChI is InChI=1S/C13H26O/c1-4-5-6-12-9-11(10(2)3)7-8-13(12)14/h10-14H,4-9H2,1-3H3. The van der Waals surface area contributed by atoms with Gasteiger partial charge in [0.25, 0.3) is 0 Å². The summed E-state index contributed by atoms with van der Waals surface area (Å²) in [6.45, 7) is 6.87. The highest BCUT2D eigenvalue weighted by atomic mass is 16.3. The minimum Gasteiger partial charge on any atom is -0.393 e. The monoisotopic (exact) mass is 198 g/mol. The number of hydrogen-bond donors (Lipinski definition) is 1. The highest BCUT2D eigenvalue weighted by Gasteiger charge is 2.29. The molecule has 0 aromatic heterocycles. The Hall–Kier alpha value is -0.0400. The van der Waals surface area contributed by atoms with E-state index in [0.29, 0.717) is 5.92 Å². The van der Waals surface area contributed by atoms with Crippen LogP contribution in [0.15, 0.2) is 0 Å². The Balaban J connectivity index is 2.38. The first kappa shape index (κ1) is 12.0. The van der Waals surface area contributed by atoms with Gasteiger partial charge in [-0.3, -0.25) is 0 Å². The zero-order chi connectivity index (χ0) is 10.6. The molecule has 0 saturated heterocycles. The quantitative estimate of drug-likeness (QED) is 0.731. The number of hydrogen-bond acceptors (Lipinski definition) is 1. The van der Waals surface area contributed by atoms with E-state index < -0.39 is 0 Å². The fourth-order valence-corrected chi connectivity index (χ4v) is 2.67. The van der Waals surface area contributed by atoms with Crippen LogP contribution in [-0.2, 0) is 0 Å². The maximum absolute atomic E-state index is 9.90. The maximum atomic E-state index is 9.90. The summed E-state index contributed by atoms with van der Waals surface area (Å²) >= 11 is 0. The third kappa shape index (κ3) is 3.27. The van der Waals surface area contributed by atoms with Crippen molar-refractivity contribution in [2.24, 2.45) is 17.8 Å². The molecule has 0 amide bonds. The van der Waals surface area contributed by atoms with Crippen molar-refractivity contribution in [3.8, 4) is 0 Å². The van der Waals surface area contributed by atoms with Gasteiger partial charge in [-0.25, -0.2) is 0 Å². The SMILES string of the molecule is CCCCC1CC(C(C)C)CCC1O. The minimum atomic E-state index is -0.00319. The van der Waals surface area contributed by atoms with Crippen LogP contribution in [0.5, 0.6) is 0 Å². The van der Waals surface area contributed by atoms with Gasteiger partial charge in [0.2, 0.25) is 0 Å². The van der Waals surface area contributed by atoms with Gasteiger partial charge in [-0.2, -0.15) is 0 Å². The molecule has 0 aliphatic heterocycles. The lowest BCUT2D eigenvalue weighted by atomic mass is 9.73. The van der Waals surface area contributed by atoms with Gasteiger partial charge in [0.1, 0.15) is 0 Å². The molecule has 3 atom stereocenters. The summed E-state index contributed by atoms with van der Waals surface area (Å²) in [5.74, 6) is 2.25. The summed E-state index contributed by atoms with van der Waals surface area (Å²) in [6.07, 6.45) is 7.32. The van der Waals surface area contributed by atoms with Crippen molar-refractivity contribution in [2.75, 3.05) is 0 Å². The van der Waals surface area contributed by atoms with Crippen LogP contribution >= 0.6 is 0 Å². The summed E-state index contributed by atoms with van der Waals surface area (Å²) in [4.78, 5) is 0. The molecule has 1 nitrogen and oxygen atoms in total. The van der Waals surface area contributed by atoms with Gasteiger partial charge >= 0.3 is 0 Å². The van der Waals surface area contributed by atoms with Gasteiger partial charge in [-0.15, -0.1) is 0 Å². The molecule has 1 N–H and O–H groups in total. The van der Waals surface area contributed by atoms with Crippen LogP contribution in [0, 0.1) is 17.8 Å². The zero-order valence-corrected chi connectivity index (χ0v) is 10.00. The molecule has 84 valence electrons. The Morgan fingerprint density at radius 1 is 1.29 bits per heavy atom. The highest BCUT2D eigenvalue weighted by molar-refractivity contribution is 4.80. The molecule has 1 saturated carbocycles. The molecule has 1 fully saturated rings. The summed E-state index contributed by atoms with van der Waals surface area (Å²) in [6, 6.07) is 0. The van der Waals surface area contributed by atoms with E-state index in [1.54, 1.807) is 0 Å². The van der Waals surface area contributed by atoms with Crippen LogP contribution in [0.3, 0.4) is 0 Å². The van der Waals surface area contributed by atoms with Gasteiger partial charge < -0.3 is 5.11 Å². The molecule has 0 spiro atoms. The van der Waals surface area contributed by atoms with E-state index in [4.69, 9.17) is 0 Å². The van der Waals surface area contributed by atoms with Crippen LogP contribution in [-0.4, -0.2) is 11.2 Å². The lowest BCUT2D eigenvalue weighted by molar-refractivity contribution is 0.0326. The van der Waals surface area contributed by atoms with Crippen molar-refractivity contribution in [2.45, 2.75) is 65.4 Å². The highest BCUT2D eigenvalue weighted by Crippen LogP contribution is 2.36. The van der Waals surface area contributed by atoms with E-state index in [0.717, 1.165) is 18.3 Å². The molecular weight excluding hydrogens is 172 g/mol. The Morgan fingerprint density at radius 3 is 2.57 bits per heavy atom. The van der Waals surface area contributed by atoms with Gasteiger partial charge in [0.05, 0.1) is 6.10 Å². The zero-order valence-electron chi connectivity index (χ0n) is 10.00. The number of unbranched alkanes of at least 4 members (excludes halogenated alkanes) is 1. The number of aliphatic hydroxyl groups is 1. The predicted octanol–water partition coefficient (Wildman–Crippen LogP) is 3.61. The third-order valence-electron chi connectivity index (χ3n) is 3.85. The molecule has 14 heavy (non-hydrogen) atoms. The lowest BCUT2D eigenvalue weighted by Gasteiger charge is -2.35. The van der Waals surface area contributed by atoms with Crippen molar-refractivity contribution in [3.05, 3.63) is 0 Å². The molecule has 1 aliphatic rings. The van der Waals surface area contributed by atoms with Crippen molar-refractivity contribution in [3.63, 3.8) is 0 Å². The van der Waals surface area contributed by atoms with E-state index >= 15 is 0 Å². The van der Waals surface area contributed by atoms with E-state index in [1.165, 1.54) is 32.1 Å². The molecule has 0 heterocycles. The van der Waals surface area contributed by atoms with Crippen LogP contribution in [0.1, 0.15) is 59.3 Å². The summed E-state index contributed by atoms with van der Waals surface area (Å²) in [7, 11) is 0. The normalized spacial score (nSPS) is 33.6. The Kier molecular flexibility index (Phi) is 4.94. The third-order valence-corrected chi connectivity index (χ3v) is 3.85. The van der Waals surface area contributed by atoms with Crippen LogP contribution in [0.2, 0.25) is 0 Å². The Bertz CT molecular complexity index is 153. The Labute approximate surface area is 88.9 Å². The summed E-state index contributed by atoms with van der Waals surface area (Å²) in [5, 5.41) is 9.90. The maximum Gasteiger partial charge on any atom is 0.0568 e. The second-order valence-corrected chi connectivity index (χ2v) is 5.29. The van der Waals surface area contributed by atoms with Gasteiger partial charge in [-0.05, 0) is 43.4 Å². The first-order valence-corrected chi connectivity index (χ1v) is 6.33. The van der Waals surface area contributed by atoms with Gasteiger partial charge in [0.15, 0.2) is 0 Å². The first-order chi connectivity index (χ1) is 6.65. The second kappa shape index (κ2) is 5.75. The van der Waals surface area contributed by atoms with E-state index in [9.17, 15) is 5.11 Å².